The Morgan fingerprint density at radius 1 is 1.38 bits per heavy atom. The smallest absolute Gasteiger partial charge is 0.343 e. The lowest BCUT2D eigenvalue weighted by molar-refractivity contribution is -0.136. The molecule has 0 radical (unpaired) electrons. The van der Waals surface area contributed by atoms with Crippen LogP contribution in [0.15, 0.2) is 51.0 Å². The summed E-state index contributed by atoms with van der Waals surface area (Å²) < 4.78 is 15.3. The van der Waals surface area contributed by atoms with Crippen molar-refractivity contribution in [2.24, 2.45) is 5.73 Å². The van der Waals surface area contributed by atoms with E-state index in [0.717, 1.165) is 7.11 Å². The van der Waals surface area contributed by atoms with E-state index in [4.69, 9.17) is 24.8 Å². The van der Waals surface area contributed by atoms with Crippen molar-refractivity contribution in [3.05, 3.63) is 74.3 Å². The molecule has 1 atom stereocenters. The van der Waals surface area contributed by atoms with E-state index >= 15 is 0 Å². The van der Waals surface area contributed by atoms with Crippen LogP contribution in [0.4, 0.5) is 5.69 Å². The summed E-state index contributed by atoms with van der Waals surface area (Å²) in [6.07, 6.45) is 0. The number of nitrogens with zero attached hydrogens (tertiary/aromatic N) is 1. The Morgan fingerprint density at radius 2 is 2.12 bits per heavy atom. The minimum absolute atomic E-state index is 0.0396. The number of rotatable bonds is 3. The molecule has 1 aromatic carbocycles. The van der Waals surface area contributed by atoms with Crippen LogP contribution in [0.3, 0.4) is 0 Å². The number of carbonyl (C=O) groups excluding carboxylic acids is 1. The monoisotopic (exact) mass is 359 g/mol. The second-order valence-corrected chi connectivity index (χ2v) is 5.59. The standard InChI is InChI=1S/C17H15N2O7/c1-8-6-11-13(17(21)25-8)12(14(15(18)26-11)16(20)24-2)9-4-3-5-10(7-9)19(22)23/h3-7,12,22H,18H2,1-2H3/q-1/t12-/m1/s1. The Labute approximate surface area is 147 Å². The quantitative estimate of drug-likeness (QED) is 0.616. The molecule has 9 heteroatoms. The number of benzene rings is 1. The summed E-state index contributed by atoms with van der Waals surface area (Å²) in [6, 6.07) is 7.21. The van der Waals surface area contributed by atoms with E-state index in [1.165, 1.54) is 24.3 Å². The molecule has 1 aliphatic rings. The summed E-state index contributed by atoms with van der Waals surface area (Å²) in [6.45, 7) is 1.57. The third kappa shape index (κ3) is 2.89. The number of anilines is 1. The molecule has 136 valence electrons. The molecule has 1 aromatic heterocycles. The molecule has 0 bridgehead atoms. The van der Waals surface area contributed by atoms with Crippen LogP contribution in [-0.4, -0.2) is 18.3 Å². The molecular formula is C17H15N2O7-. The number of hydrogen-bond acceptors (Lipinski definition) is 9. The van der Waals surface area contributed by atoms with Gasteiger partial charge in [-0.25, -0.2) is 9.59 Å². The highest BCUT2D eigenvalue weighted by Crippen LogP contribution is 2.41. The predicted molar refractivity (Wildman–Crippen MR) is 89.5 cm³/mol. The summed E-state index contributed by atoms with van der Waals surface area (Å²) in [5, 5.41) is 20.0. The Bertz CT molecular complexity index is 962. The lowest BCUT2D eigenvalue weighted by atomic mass is 9.83. The molecule has 3 N–H and O–H groups in total. The molecule has 0 aliphatic carbocycles. The fraction of sp³-hybridized carbons (Fsp3) is 0.176. The van der Waals surface area contributed by atoms with Gasteiger partial charge < -0.3 is 30.1 Å². The average molecular weight is 359 g/mol. The Kier molecular flexibility index (Phi) is 4.41. The van der Waals surface area contributed by atoms with Gasteiger partial charge in [0.15, 0.2) is 0 Å². The van der Waals surface area contributed by atoms with Gasteiger partial charge in [0.2, 0.25) is 5.88 Å². The van der Waals surface area contributed by atoms with Crippen LogP contribution in [0.5, 0.6) is 5.75 Å². The summed E-state index contributed by atoms with van der Waals surface area (Å²) in [4.78, 5) is 24.7. The van der Waals surface area contributed by atoms with Crippen molar-refractivity contribution in [1.82, 2.24) is 0 Å². The van der Waals surface area contributed by atoms with Crippen molar-refractivity contribution in [2.75, 3.05) is 12.3 Å². The van der Waals surface area contributed by atoms with E-state index in [9.17, 15) is 14.8 Å². The van der Waals surface area contributed by atoms with Gasteiger partial charge in [0.1, 0.15) is 17.1 Å². The number of carbonyl (C=O) groups is 1. The molecule has 3 rings (SSSR count). The first-order chi connectivity index (χ1) is 12.3. The highest BCUT2D eigenvalue weighted by atomic mass is 16.8. The Hall–Kier alpha value is -3.30. The van der Waals surface area contributed by atoms with Crippen LogP contribution in [0.25, 0.3) is 0 Å². The zero-order valence-electron chi connectivity index (χ0n) is 13.9. The summed E-state index contributed by atoms with van der Waals surface area (Å²) in [5.74, 6) is -1.58. The minimum atomic E-state index is -0.997. The van der Waals surface area contributed by atoms with E-state index in [-0.39, 0.29) is 33.7 Å². The number of nitrogens with two attached hydrogens (primary N) is 1. The Morgan fingerprint density at radius 3 is 2.77 bits per heavy atom. The van der Waals surface area contributed by atoms with Crippen LogP contribution in [0, 0.1) is 12.1 Å². The Balaban J connectivity index is 2.30. The van der Waals surface area contributed by atoms with E-state index in [1.54, 1.807) is 13.0 Å². The third-order valence-electron chi connectivity index (χ3n) is 3.97. The summed E-state index contributed by atoms with van der Waals surface area (Å²) in [7, 11) is 1.16. The highest BCUT2D eigenvalue weighted by molar-refractivity contribution is 5.92. The fourth-order valence-electron chi connectivity index (χ4n) is 2.88. The van der Waals surface area contributed by atoms with Gasteiger partial charge in [0.25, 0.3) is 0 Å². The van der Waals surface area contributed by atoms with Crippen molar-refractivity contribution in [2.45, 2.75) is 12.8 Å². The van der Waals surface area contributed by atoms with Gasteiger partial charge in [-0.2, -0.15) is 0 Å². The average Bonchev–Trinajstić information content (AvgIpc) is 2.59. The second-order valence-electron chi connectivity index (χ2n) is 5.59. The maximum Gasteiger partial charge on any atom is 0.343 e. The molecule has 2 aromatic rings. The van der Waals surface area contributed by atoms with Gasteiger partial charge in [0, 0.05) is 6.07 Å². The molecule has 9 nitrogen and oxygen atoms in total. The maximum absolute atomic E-state index is 12.5. The van der Waals surface area contributed by atoms with Gasteiger partial charge in [-0.15, -0.1) is 0 Å². The topological polar surface area (TPSA) is 138 Å². The van der Waals surface area contributed by atoms with Gasteiger partial charge in [0.05, 0.1) is 24.3 Å². The molecule has 0 spiro atoms. The van der Waals surface area contributed by atoms with E-state index in [0.29, 0.717) is 11.3 Å². The first kappa shape index (κ1) is 17.5. The zero-order valence-corrected chi connectivity index (χ0v) is 13.9. The van der Waals surface area contributed by atoms with Crippen molar-refractivity contribution in [3.8, 4) is 5.75 Å². The number of methoxy groups -OCH3 is 1. The number of ether oxygens (including phenoxy) is 2. The molecule has 0 saturated heterocycles. The van der Waals surface area contributed by atoms with Crippen molar-refractivity contribution < 1.29 is 23.9 Å². The predicted octanol–water partition coefficient (Wildman–Crippen LogP) is 1.51. The van der Waals surface area contributed by atoms with Crippen molar-refractivity contribution in [1.29, 1.82) is 0 Å². The van der Waals surface area contributed by atoms with Crippen molar-refractivity contribution >= 4 is 11.7 Å². The lowest BCUT2D eigenvalue weighted by Gasteiger charge is -2.28. The first-order valence-corrected chi connectivity index (χ1v) is 7.50. The lowest BCUT2D eigenvalue weighted by Crippen LogP contribution is -2.30. The van der Waals surface area contributed by atoms with E-state index < -0.39 is 17.5 Å². The number of esters is 1. The minimum Gasteiger partial charge on any atom is -0.733 e. The highest BCUT2D eigenvalue weighted by Gasteiger charge is 2.38. The second kappa shape index (κ2) is 6.54. The number of hydrogen-bond donors (Lipinski definition) is 2. The number of fused-ring (bicyclic) bond motifs is 1. The molecule has 26 heavy (non-hydrogen) atoms. The number of aryl methyl sites for hydroxylation is 1. The molecule has 0 fully saturated rings. The van der Waals surface area contributed by atoms with E-state index in [1.807, 2.05) is 0 Å². The molecule has 2 heterocycles. The van der Waals surface area contributed by atoms with Gasteiger partial charge in [-0.05, 0) is 24.6 Å². The fourth-order valence-corrected chi connectivity index (χ4v) is 2.88. The van der Waals surface area contributed by atoms with Crippen molar-refractivity contribution in [3.63, 3.8) is 0 Å². The van der Waals surface area contributed by atoms with Gasteiger partial charge >= 0.3 is 11.6 Å². The molecule has 0 amide bonds. The van der Waals surface area contributed by atoms with Gasteiger partial charge in [-0.3, -0.25) is 5.21 Å². The molecule has 1 aliphatic heterocycles. The normalized spacial score (nSPS) is 15.9. The van der Waals surface area contributed by atoms with Crippen LogP contribution in [0.1, 0.15) is 22.8 Å². The molecule has 0 unspecified atom stereocenters. The van der Waals surface area contributed by atoms with Crippen LogP contribution >= 0.6 is 0 Å². The first-order valence-electron chi connectivity index (χ1n) is 7.50. The third-order valence-corrected chi connectivity index (χ3v) is 3.97. The molecule has 0 saturated carbocycles. The summed E-state index contributed by atoms with van der Waals surface area (Å²) >= 11 is 0. The van der Waals surface area contributed by atoms with Crippen LogP contribution in [-0.2, 0) is 9.53 Å². The van der Waals surface area contributed by atoms with Crippen LogP contribution in [0.2, 0.25) is 0 Å². The van der Waals surface area contributed by atoms with Crippen LogP contribution < -0.4 is 21.3 Å². The van der Waals surface area contributed by atoms with Gasteiger partial charge in [-0.1, -0.05) is 12.1 Å². The summed E-state index contributed by atoms with van der Waals surface area (Å²) in [5.41, 5.74) is 5.38. The van der Waals surface area contributed by atoms with E-state index in [2.05, 4.69) is 0 Å². The zero-order chi connectivity index (χ0) is 19.0. The molecular weight excluding hydrogens is 344 g/mol. The largest absolute Gasteiger partial charge is 0.733 e. The SMILES string of the molecule is COC(=O)C1=C(N)Oc2cc(C)oc(=O)c2[C@H]1c1cccc(N([O-])O)c1. The maximum atomic E-state index is 12.5.